The van der Waals surface area contributed by atoms with E-state index in [9.17, 15) is 9.59 Å². The van der Waals surface area contributed by atoms with Crippen LogP contribution < -0.4 is 15.0 Å². The highest BCUT2D eigenvalue weighted by molar-refractivity contribution is 5.95. The zero-order valence-electron chi connectivity index (χ0n) is 18.6. The second-order valence-electron chi connectivity index (χ2n) is 8.30. The van der Waals surface area contributed by atoms with Crippen molar-refractivity contribution < 1.29 is 23.5 Å². The third kappa shape index (κ3) is 4.66. The highest BCUT2D eigenvalue weighted by atomic mass is 16.5. The number of esters is 1. The Morgan fingerprint density at radius 2 is 1.94 bits per heavy atom. The molecule has 8 heteroatoms. The molecule has 1 amide bonds. The number of benzene rings is 2. The Kier molecular flexibility index (Phi) is 5.92. The number of ether oxygens (including phenoxy) is 2. The van der Waals surface area contributed by atoms with Gasteiger partial charge in [0.15, 0.2) is 6.61 Å². The van der Waals surface area contributed by atoms with Crippen molar-refractivity contribution >= 4 is 34.2 Å². The number of nitrogens with zero attached hydrogens (tertiary/aromatic N) is 2. The van der Waals surface area contributed by atoms with E-state index in [1.165, 1.54) is 5.56 Å². The summed E-state index contributed by atoms with van der Waals surface area (Å²) in [6, 6.07) is 13.8. The van der Waals surface area contributed by atoms with Crippen LogP contribution in [0.1, 0.15) is 23.0 Å². The van der Waals surface area contributed by atoms with Crippen LogP contribution in [0.2, 0.25) is 0 Å². The topological polar surface area (TPSA) is 84.2 Å². The van der Waals surface area contributed by atoms with E-state index in [0.717, 1.165) is 61.7 Å². The summed E-state index contributed by atoms with van der Waals surface area (Å²) >= 11 is 0. The summed E-state index contributed by atoms with van der Waals surface area (Å²) < 4.78 is 16.1. The van der Waals surface area contributed by atoms with Crippen LogP contribution in [0, 0.1) is 0 Å². The molecule has 0 spiro atoms. The first-order valence-corrected chi connectivity index (χ1v) is 11.3. The smallest absolute Gasteiger partial charge is 0.374 e. The number of hydrogen-bond acceptors (Lipinski definition) is 7. The maximum absolute atomic E-state index is 11.9. The molecule has 3 aromatic rings. The van der Waals surface area contributed by atoms with Crippen LogP contribution >= 0.6 is 0 Å². The fourth-order valence-corrected chi connectivity index (χ4v) is 4.33. The number of carbonyl (C=O) groups is 2. The molecule has 1 aromatic heterocycles. The molecule has 2 aliphatic heterocycles. The number of rotatable bonds is 6. The standard InChI is InChI=1S/C25H27N3O5/c1-2-31-25(30)23-15-18-14-19(4-6-21(18)33-23)28-11-9-27(10-12-28)8-7-17-3-5-22-20(13-17)26-24(29)16-32-22/h3-6,13-15H,2,7-12,16H2,1H3,(H,26,29). The summed E-state index contributed by atoms with van der Waals surface area (Å²) in [6.45, 7) is 6.96. The predicted molar refractivity (Wildman–Crippen MR) is 125 cm³/mol. The lowest BCUT2D eigenvalue weighted by Crippen LogP contribution is -2.47. The van der Waals surface area contributed by atoms with Crippen LogP contribution in [0.5, 0.6) is 5.75 Å². The molecular formula is C25H27N3O5. The molecule has 33 heavy (non-hydrogen) atoms. The zero-order valence-corrected chi connectivity index (χ0v) is 18.6. The Labute approximate surface area is 192 Å². The average Bonchev–Trinajstić information content (AvgIpc) is 3.27. The van der Waals surface area contributed by atoms with Crippen molar-refractivity contribution in [2.45, 2.75) is 13.3 Å². The lowest BCUT2D eigenvalue weighted by molar-refractivity contribution is -0.118. The van der Waals surface area contributed by atoms with Gasteiger partial charge in [0.25, 0.3) is 5.91 Å². The summed E-state index contributed by atoms with van der Waals surface area (Å²) in [6.07, 6.45) is 0.917. The van der Waals surface area contributed by atoms with Crippen LogP contribution in [0.15, 0.2) is 46.9 Å². The molecule has 1 N–H and O–H groups in total. The monoisotopic (exact) mass is 449 g/mol. The molecule has 5 rings (SSSR count). The summed E-state index contributed by atoms with van der Waals surface area (Å²) in [5.41, 5.74) is 3.76. The predicted octanol–water partition coefficient (Wildman–Crippen LogP) is 3.31. The van der Waals surface area contributed by atoms with Gasteiger partial charge in [-0.05, 0) is 55.3 Å². The van der Waals surface area contributed by atoms with E-state index in [-0.39, 0.29) is 18.3 Å². The van der Waals surface area contributed by atoms with Gasteiger partial charge in [0, 0.05) is 43.8 Å². The largest absolute Gasteiger partial charge is 0.482 e. The van der Waals surface area contributed by atoms with Gasteiger partial charge in [0.2, 0.25) is 5.76 Å². The van der Waals surface area contributed by atoms with Crippen molar-refractivity contribution in [1.29, 1.82) is 0 Å². The molecule has 8 nitrogen and oxygen atoms in total. The van der Waals surface area contributed by atoms with Gasteiger partial charge in [0.05, 0.1) is 12.3 Å². The number of hydrogen-bond donors (Lipinski definition) is 1. The number of piperazine rings is 1. The molecule has 1 fully saturated rings. The maximum atomic E-state index is 11.9. The van der Waals surface area contributed by atoms with Gasteiger partial charge < -0.3 is 24.1 Å². The Balaban J connectivity index is 1.16. The van der Waals surface area contributed by atoms with Crippen LogP contribution in [0.3, 0.4) is 0 Å². The minimum Gasteiger partial charge on any atom is -0.482 e. The number of fused-ring (bicyclic) bond motifs is 2. The van der Waals surface area contributed by atoms with Crippen molar-refractivity contribution in [2.75, 3.05) is 56.2 Å². The zero-order chi connectivity index (χ0) is 22.8. The molecule has 0 saturated carbocycles. The first-order valence-electron chi connectivity index (χ1n) is 11.3. The van der Waals surface area contributed by atoms with Crippen molar-refractivity contribution in [3.05, 3.63) is 53.8 Å². The van der Waals surface area contributed by atoms with Crippen LogP contribution in [-0.4, -0.2) is 62.7 Å². The quantitative estimate of drug-likeness (QED) is 0.578. The van der Waals surface area contributed by atoms with Crippen molar-refractivity contribution in [3.8, 4) is 5.75 Å². The second kappa shape index (κ2) is 9.15. The number of nitrogens with one attached hydrogen (secondary N) is 1. The van der Waals surface area contributed by atoms with Gasteiger partial charge in [-0.3, -0.25) is 9.69 Å². The van der Waals surface area contributed by atoms with E-state index < -0.39 is 5.97 Å². The van der Waals surface area contributed by atoms with Crippen molar-refractivity contribution in [1.82, 2.24) is 4.90 Å². The Morgan fingerprint density at radius 3 is 2.76 bits per heavy atom. The number of amides is 1. The molecule has 172 valence electrons. The van der Waals surface area contributed by atoms with Crippen molar-refractivity contribution in [2.24, 2.45) is 0 Å². The third-order valence-corrected chi connectivity index (χ3v) is 6.11. The maximum Gasteiger partial charge on any atom is 0.374 e. The van der Waals surface area contributed by atoms with Crippen molar-refractivity contribution in [3.63, 3.8) is 0 Å². The SMILES string of the molecule is CCOC(=O)c1cc2cc(N3CCN(CCc4ccc5c(c4)NC(=O)CO5)CC3)ccc2o1. The van der Waals surface area contributed by atoms with E-state index in [1.54, 1.807) is 13.0 Å². The summed E-state index contributed by atoms with van der Waals surface area (Å²) in [5.74, 6) is 0.428. The summed E-state index contributed by atoms with van der Waals surface area (Å²) in [5, 5.41) is 3.78. The second-order valence-corrected chi connectivity index (χ2v) is 8.30. The molecule has 0 aliphatic carbocycles. The molecule has 0 bridgehead atoms. The molecular weight excluding hydrogens is 422 g/mol. The molecule has 3 heterocycles. The van der Waals surface area contributed by atoms with E-state index >= 15 is 0 Å². The fraction of sp³-hybridized carbons (Fsp3) is 0.360. The van der Waals surface area contributed by atoms with E-state index in [0.29, 0.717) is 12.2 Å². The van der Waals surface area contributed by atoms with Gasteiger partial charge in [-0.2, -0.15) is 0 Å². The summed E-state index contributed by atoms with van der Waals surface area (Å²) in [4.78, 5) is 28.3. The van der Waals surface area contributed by atoms with Gasteiger partial charge in [-0.15, -0.1) is 0 Å². The lowest BCUT2D eigenvalue weighted by atomic mass is 10.1. The lowest BCUT2D eigenvalue weighted by Gasteiger charge is -2.36. The molecule has 1 saturated heterocycles. The Bertz CT molecular complexity index is 1180. The van der Waals surface area contributed by atoms with E-state index in [2.05, 4.69) is 27.2 Å². The normalized spacial score (nSPS) is 16.3. The van der Waals surface area contributed by atoms with E-state index in [1.807, 2.05) is 24.3 Å². The first-order chi connectivity index (χ1) is 16.1. The van der Waals surface area contributed by atoms with Gasteiger partial charge in [-0.25, -0.2) is 4.79 Å². The van der Waals surface area contributed by atoms with Gasteiger partial charge in [-0.1, -0.05) is 6.07 Å². The summed E-state index contributed by atoms with van der Waals surface area (Å²) in [7, 11) is 0. The van der Waals surface area contributed by atoms with Gasteiger partial charge in [0.1, 0.15) is 11.3 Å². The number of anilines is 2. The Hall–Kier alpha value is -3.52. The minimum atomic E-state index is -0.433. The molecule has 0 atom stereocenters. The highest BCUT2D eigenvalue weighted by Gasteiger charge is 2.20. The van der Waals surface area contributed by atoms with E-state index in [4.69, 9.17) is 13.9 Å². The molecule has 2 aromatic carbocycles. The molecule has 0 radical (unpaired) electrons. The van der Waals surface area contributed by atoms with Crippen LogP contribution in [0.4, 0.5) is 11.4 Å². The van der Waals surface area contributed by atoms with Gasteiger partial charge >= 0.3 is 5.97 Å². The first kappa shape index (κ1) is 21.3. The number of carbonyl (C=O) groups excluding carboxylic acids is 2. The fourth-order valence-electron chi connectivity index (χ4n) is 4.33. The van der Waals surface area contributed by atoms with Crippen LogP contribution in [-0.2, 0) is 16.0 Å². The molecule has 0 unspecified atom stereocenters. The highest BCUT2D eigenvalue weighted by Crippen LogP contribution is 2.29. The Morgan fingerprint density at radius 1 is 1.09 bits per heavy atom. The number of furan rings is 1. The minimum absolute atomic E-state index is 0.0801. The van der Waals surface area contributed by atoms with Crippen LogP contribution in [0.25, 0.3) is 11.0 Å². The average molecular weight is 450 g/mol. The molecule has 2 aliphatic rings. The third-order valence-electron chi connectivity index (χ3n) is 6.11.